The van der Waals surface area contributed by atoms with Gasteiger partial charge in [-0.15, -0.1) is 0 Å². The number of rotatable bonds is 7. The van der Waals surface area contributed by atoms with Crippen LogP contribution in [0.15, 0.2) is 18.2 Å². The second-order valence-electron chi connectivity index (χ2n) is 10.9. The molecule has 2 atom stereocenters. The lowest BCUT2D eigenvalue weighted by molar-refractivity contribution is -0.139. The Bertz CT molecular complexity index is 935. The molecule has 0 aliphatic rings. The fourth-order valence-electron chi connectivity index (χ4n) is 3.28. The minimum Gasteiger partial charge on any atom is -0.508 e. The van der Waals surface area contributed by atoms with Gasteiger partial charge >= 0.3 is 6.09 Å². The first kappa shape index (κ1) is 28.8. The molecule has 8 nitrogen and oxygen atoms in total. The molecule has 3 amide bonds. The number of phenolic OH excluding ortho intramolecular Hbond substituents is 1. The third-order valence-corrected chi connectivity index (χ3v) is 4.61. The van der Waals surface area contributed by atoms with Gasteiger partial charge in [-0.2, -0.15) is 0 Å². The number of hydrogen-bond donors (Lipinski definition) is 3. The third-order valence-electron chi connectivity index (χ3n) is 4.61. The Kier molecular flexibility index (Phi) is 9.56. The standard InChI is InChI=1S/C26H39N3O5/c1-11-29(23(32)19(14-16(2)3)27-24(33)34-26(8,9)10)21(22(31)28-25(5,6)7)18-12-13-20(30)17(4)15-18/h1,12-13,15-16,19,21,30H,14H2,2-10H3,(H,27,33)(H,28,31). The average Bonchev–Trinajstić information content (AvgIpc) is 2.64. The fraction of sp³-hybridized carbons (Fsp3) is 0.577. The van der Waals surface area contributed by atoms with Gasteiger partial charge in [0.2, 0.25) is 5.91 Å². The number of nitrogens with zero attached hydrogens (tertiary/aromatic N) is 1. The van der Waals surface area contributed by atoms with Gasteiger partial charge in [-0.3, -0.25) is 14.5 Å². The van der Waals surface area contributed by atoms with Crippen molar-refractivity contribution in [1.29, 1.82) is 0 Å². The first-order valence-electron chi connectivity index (χ1n) is 11.4. The second-order valence-corrected chi connectivity index (χ2v) is 10.9. The van der Waals surface area contributed by atoms with Crippen LogP contribution in [0.25, 0.3) is 0 Å². The topological polar surface area (TPSA) is 108 Å². The summed E-state index contributed by atoms with van der Waals surface area (Å²) in [6.07, 6.45) is 5.30. The Morgan fingerprint density at radius 1 is 1.15 bits per heavy atom. The predicted molar refractivity (Wildman–Crippen MR) is 132 cm³/mol. The van der Waals surface area contributed by atoms with Crippen LogP contribution in [-0.4, -0.2) is 45.1 Å². The van der Waals surface area contributed by atoms with E-state index < -0.39 is 41.1 Å². The molecule has 0 saturated heterocycles. The summed E-state index contributed by atoms with van der Waals surface area (Å²) in [5.41, 5.74) is -0.374. The molecular weight excluding hydrogens is 434 g/mol. The van der Waals surface area contributed by atoms with Crippen LogP contribution in [-0.2, 0) is 14.3 Å². The molecule has 0 aliphatic heterocycles. The summed E-state index contributed by atoms with van der Waals surface area (Å²) in [7, 11) is 0. The van der Waals surface area contributed by atoms with E-state index in [1.165, 1.54) is 6.07 Å². The summed E-state index contributed by atoms with van der Waals surface area (Å²) < 4.78 is 5.32. The van der Waals surface area contributed by atoms with Crippen molar-refractivity contribution >= 4 is 17.9 Å². The third kappa shape index (κ3) is 8.97. The minimum atomic E-state index is -1.17. The van der Waals surface area contributed by atoms with Crippen molar-refractivity contribution in [3.05, 3.63) is 29.3 Å². The van der Waals surface area contributed by atoms with Gasteiger partial charge in [0.25, 0.3) is 5.91 Å². The van der Waals surface area contributed by atoms with E-state index in [0.29, 0.717) is 17.5 Å². The predicted octanol–water partition coefficient (Wildman–Crippen LogP) is 4.02. The molecule has 34 heavy (non-hydrogen) atoms. The number of carbonyl (C=O) groups is 3. The van der Waals surface area contributed by atoms with Crippen LogP contribution in [0, 0.1) is 25.3 Å². The average molecular weight is 474 g/mol. The van der Waals surface area contributed by atoms with E-state index in [2.05, 4.69) is 16.7 Å². The number of phenols is 1. The first-order chi connectivity index (χ1) is 15.4. The van der Waals surface area contributed by atoms with Gasteiger partial charge in [0, 0.05) is 11.6 Å². The molecular formula is C26H39N3O5. The number of aromatic hydroxyl groups is 1. The monoisotopic (exact) mass is 473 g/mol. The number of alkyl carbamates (subject to hydrolysis) is 1. The molecule has 2 unspecified atom stereocenters. The normalized spacial score (nSPS) is 13.4. The summed E-state index contributed by atoms with van der Waals surface area (Å²) >= 11 is 0. The maximum atomic E-state index is 13.6. The first-order valence-corrected chi connectivity index (χ1v) is 11.4. The Labute approximate surface area is 203 Å². The van der Waals surface area contributed by atoms with Crippen LogP contribution in [0.3, 0.4) is 0 Å². The molecule has 0 spiro atoms. The van der Waals surface area contributed by atoms with E-state index in [0.717, 1.165) is 4.90 Å². The van der Waals surface area contributed by atoms with Crippen LogP contribution in [0.5, 0.6) is 5.75 Å². The fourth-order valence-corrected chi connectivity index (χ4v) is 3.28. The number of ether oxygens (including phenoxy) is 1. The molecule has 188 valence electrons. The molecule has 0 bridgehead atoms. The van der Waals surface area contributed by atoms with Crippen molar-refractivity contribution in [3.63, 3.8) is 0 Å². The van der Waals surface area contributed by atoms with Gasteiger partial charge in [0.15, 0.2) is 0 Å². The van der Waals surface area contributed by atoms with Gasteiger partial charge < -0.3 is 20.5 Å². The number of hydrogen-bond acceptors (Lipinski definition) is 5. The van der Waals surface area contributed by atoms with Gasteiger partial charge in [-0.25, -0.2) is 4.79 Å². The zero-order valence-electron chi connectivity index (χ0n) is 21.8. The summed E-state index contributed by atoms with van der Waals surface area (Å²) in [5.74, 6) is -0.992. The lowest BCUT2D eigenvalue weighted by atomic mass is 9.97. The Morgan fingerprint density at radius 3 is 2.18 bits per heavy atom. The highest BCUT2D eigenvalue weighted by Crippen LogP contribution is 2.27. The highest BCUT2D eigenvalue weighted by molar-refractivity contribution is 5.93. The van der Waals surface area contributed by atoms with Gasteiger partial charge in [0.1, 0.15) is 23.4 Å². The molecule has 1 rings (SSSR count). The lowest BCUT2D eigenvalue weighted by Gasteiger charge is -2.33. The number of aryl methyl sites for hydroxylation is 1. The van der Waals surface area contributed by atoms with Crippen molar-refractivity contribution in [2.24, 2.45) is 5.92 Å². The SMILES string of the molecule is C#CN(C(=O)C(CC(C)C)NC(=O)OC(C)(C)C)C(C(=O)NC(C)(C)C)c1ccc(O)c(C)c1. The van der Waals surface area contributed by atoms with Crippen molar-refractivity contribution in [1.82, 2.24) is 15.5 Å². The van der Waals surface area contributed by atoms with E-state index in [1.54, 1.807) is 39.8 Å². The van der Waals surface area contributed by atoms with Gasteiger partial charge in [-0.1, -0.05) is 26.3 Å². The Balaban J connectivity index is 3.45. The second kappa shape index (κ2) is 11.3. The summed E-state index contributed by atoms with van der Waals surface area (Å²) in [4.78, 5) is 40.4. The minimum absolute atomic E-state index is 0.0429. The molecule has 1 aromatic carbocycles. The highest BCUT2D eigenvalue weighted by atomic mass is 16.6. The highest BCUT2D eigenvalue weighted by Gasteiger charge is 2.37. The van der Waals surface area contributed by atoms with E-state index in [1.807, 2.05) is 34.6 Å². The molecule has 0 heterocycles. The maximum Gasteiger partial charge on any atom is 0.408 e. The largest absolute Gasteiger partial charge is 0.508 e. The molecule has 3 N–H and O–H groups in total. The summed E-state index contributed by atoms with van der Waals surface area (Å²) in [5, 5.41) is 15.4. The molecule has 0 saturated carbocycles. The number of terminal acetylenes is 1. The maximum absolute atomic E-state index is 13.6. The van der Waals surface area contributed by atoms with E-state index in [9.17, 15) is 19.5 Å². The van der Waals surface area contributed by atoms with Crippen molar-refractivity contribution in [2.75, 3.05) is 0 Å². The molecule has 0 radical (unpaired) electrons. The number of benzene rings is 1. The molecule has 0 aromatic heterocycles. The summed E-state index contributed by atoms with van der Waals surface area (Å²) in [6, 6.07) is 4.77. The van der Waals surface area contributed by atoms with E-state index in [4.69, 9.17) is 11.2 Å². The molecule has 1 aromatic rings. The summed E-state index contributed by atoms with van der Waals surface area (Å²) in [6.45, 7) is 16.1. The number of carbonyl (C=O) groups excluding carboxylic acids is 3. The Hall–Kier alpha value is -3.21. The number of amides is 3. The zero-order chi connectivity index (χ0) is 26.4. The van der Waals surface area contributed by atoms with Crippen LogP contribution < -0.4 is 10.6 Å². The van der Waals surface area contributed by atoms with Crippen molar-refractivity contribution in [2.45, 2.75) is 92.0 Å². The van der Waals surface area contributed by atoms with E-state index in [-0.39, 0.29) is 11.7 Å². The zero-order valence-corrected chi connectivity index (χ0v) is 21.8. The van der Waals surface area contributed by atoms with E-state index >= 15 is 0 Å². The Morgan fingerprint density at radius 2 is 1.74 bits per heavy atom. The quantitative estimate of drug-likeness (QED) is 0.410. The molecule has 0 aliphatic carbocycles. The number of nitrogens with one attached hydrogen (secondary N) is 2. The van der Waals surface area contributed by atoms with Crippen LogP contribution in [0.1, 0.15) is 79.0 Å². The van der Waals surface area contributed by atoms with Crippen LogP contribution in [0.4, 0.5) is 4.79 Å². The van der Waals surface area contributed by atoms with Gasteiger partial charge in [-0.05, 0) is 84.1 Å². The van der Waals surface area contributed by atoms with Crippen molar-refractivity contribution in [3.8, 4) is 18.2 Å². The van der Waals surface area contributed by atoms with Gasteiger partial charge in [0.05, 0.1) is 0 Å². The molecule has 0 fully saturated rings. The lowest BCUT2D eigenvalue weighted by Crippen LogP contribution is -2.53. The van der Waals surface area contributed by atoms with Crippen LogP contribution in [0.2, 0.25) is 0 Å². The molecule has 8 heteroatoms. The van der Waals surface area contributed by atoms with Crippen molar-refractivity contribution < 1.29 is 24.2 Å². The smallest absolute Gasteiger partial charge is 0.408 e. The van der Waals surface area contributed by atoms with Crippen LogP contribution >= 0.6 is 0 Å².